The Morgan fingerprint density at radius 3 is 2.68 bits per heavy atom. The third-order valence-electron chi connectivity index (χ3n) is 6.73. The van der Waals surface area contributed by atoms with Crippen LogP contribution in [0.25, 0.3) is 0 Å². The maximum atomic E-state index is 14.3. The van der Waals surface area contributed by atoms with Crippen LogP contribution in [0, 0.1) is 17.0 Å². The van der Waals surface area contributed by atoms with E-state index in [1.54, 1.807) is 11.8 Å². The average molecular weight is 394 g/mol. The molecule has 2 N–H and O–H groups in total. The summed E-state index contributed by atoms with van der Waals surface area (Å²) < 4.78 is 28.0. The minimum Gasteiger partial charge on any atom is -0.390 e. The summed E-state index contributed by atoms with van der Waals surface area (Å²) in [5, 5.41) is 13.9. The Bertz CT molecular complexity index is 783. The predicted molar refractivity (Wildman–Crippen MR) is 101 cm³/mol. The van der Waals surface area contributed by atoms with Crippen LogP contribution in [-0.4, -0.2) is 46.1 Å². The van der Waals surface area contributed by atoms with Gasteiger partial charge >= 0.3 is 0 Å². The first-order valence-electron chi connectivity index (χ1n) is 9.81. The summed E-state index contributed by atoms with van der Waals surface area (Å²) in [6.07, 6.45) is 3.44. The molecule has 1 saturated heterocycles. The molecule has 1 aliphatic carbocycles. The van der Waals surface area contributed by atoms with Gasteiger partial charge in [0, 0.05) is 24.9 Å². The molecule has 154 valence electrons. The molecule has 0 spiro atoms. The van der Waals surface area contributed by atoms with E-state index in [0.717, 1.165) is 31.0 Å². The van der Waals surface area contributed by atoms with Gasteiger partial charge in [-0.05, 0) is 44.4 Å². The molecule has 3 rings (SSSR count). The number of likely N-dealkylation sites (tertiary alicyclic amines) is 1. The van der Waals surface area contributed by atoms with E-state index >= 15 is 0 Å². The van der Waals surface area contributed by atoms with Gasteiger partial charge in [-0.15, -0.1) is 0 Å². The van der Waals surface area contributed by atoms with E-state index in [1.807, 2.05) is 6.92 Å². The Morgan fingerprint density at radius 2 is 2.00 bits per heavy atom. The maximum absolute atomic E-state index is 14.3. The largest absolute Gasteiger partial charge is 0.390 e. The summed E-state index contributed by atoms with van der Waals surface area (Å²) in [6.45, 7) is 5.35. The first-order chi connectivity index (χ1) is 13.1. The second-order valence-corrected chi connectivity index (χ2v) is 8.58. The highest BCUT2D eigenvalue weighted by Crippen LogP contribution is 2.53. The second-order valence-electron chi connectivity index (χ2n) is 8.58. The number of benzene rings is 1. The minimum absolute atomic E-state index is 0.209. The fraction of sp³-hybridized carbons (Fsp3) is 0.619. The lowest BCUT2D eigenvalue weighted by atomic mass is 9.67. The number of rotatable bonds is 3. The third kappa shape index (κ3) is 3.52. The van der Waals surface area contributed by atoms with Gasteiger partial charge in [0.2, 0.25) is 5.91 Å². The smallest absolute Gasteiger partial charge is 0.257 e. The number of nitrogens with zero attached hydrogens (tertiary/aromatic N) is 1. The molecule has 4 atom stereocenters. The molecule has 2 aliphatic rings. The monoisotopic (exact) mass is 394 g/mol. The van der Waals surface area contributed by atoms with Crippen molar-refractivity contribution >= 4 is 11.8 Å². The molecule has 1 heterocycles. The fourth-order valence-electron chi connectivity index (χ4n) is 4.95. The molecule has 5 nitrogen and oxygen atoms in total. The zero-order valence-electron chi connectivity index (χ0n) is 16.6. The zero-order chi connectivity index (χ0) is 20.7. The topological polar surface area (TPSA) is 69.6 Å². The summed E-state index contributed by atoms with van der Waals surface area (Å²) in [6, 6.07) is 2.12. The number of hydrogen-bond acceptors (Lipinski definition) is 3. The Kier molecular flexibility index (Phi) is 5.49. The molecule has 1 saturated carbocycles. The highest BCUT2D eigenvalue weighted by molar-refractivity contribution is 5.95. The lowest BCUT2D eigenvalue weighted by Gasteiger charge is -2.43. The summed E-state index contributed by atoms with van der Waals surface area (Å²) >= 11 is 0. The quantitative estimate of drug-likeness (QED) is 0.828. The first-order valence-corrected chi connectivity index (χ1v) is 9.81. The van der Waals surface area contributed by atoms with Crippen molar-refractivity contribution in [1.82, 2.24) is 10.2 Å². The normalized spacial score (nSPS) is 32.6. The molecular formula is C21H28F2N2O3. The summed E-state index contributed by atoms with van der Waals surface area (Å²) in [7, 11) is 0. The van der Waals surface area contributed by atoms with Gasteiger partial charge in [0.05, 0.1) is 17.2 Å². The van der Waals surface area contributed by atoms with Gasteiger partial charge in [0.15, 0.2) is 0 Å². The lowest BCUT2D eigenvalue weighted by Crippen LogP contribution is -2.52. The molecule has 1 aromatic rings. The Labute approximate surface area is 164 Å². The predicted octanol–water partition coefficient (Wildman–Crippen LogP) is 3.02. The van der Waals surface area contributed by atoms with E-state index in [-0.39, 0.29) is 24.1 Å². The van der Waals surface area contributed by atoms with E-state index in [0.29, 0.717) is 19.3 Å². The Morgan fingerprint density at radius 1 is 1.29 bits per heavy atom. The van der Waals surface area contributed by atoms with Crippen molar-refractivity contribution in [3.63, 3.8) is 0 Å². The summed E-state index contributed by atoms with van der Waals surface area (Å²) in [4.78, 5) is 26.3. The molecule has 2 fully saturated rings. The molecule has 0 radical (unpaired) electrons. The van der Waals surface area contributed by atoms with Gasteiger partial charge in [0.25, 0.3) is 5.91 Å². The summed E-state index contributed by atoms with van der Waals surface area (Å²) in [5.41, 5.74) is -1.93. The number of nitrogens with one attached hydrogen (secondary N) is 1. The van der Waals surface area contributed by atoms with Gasteiger partial charge < -0.3 is 15.3 Å². The van der Waals surface area contributed by atoms with Gasteiger partial charge in [-0.3, -0.25) is 9.59 Å². The molecule has 28 heavy (non-hydrogen) atoms. The number of carbonyl (C=O) groups is 2. The maximum Gasteiger partial charge on any atom is 0.257 e. The van der Waals surface area contributed by atoms with E-state index < -0.39 is 34.6 Å². The lowest BCUT2D eigenvalue weighted by molar-refractivity contribution is -0.119. The molecule has 0 bridgehead atoms. The van der Waals surface area contributed by atoms with Crippen molar-refractivity contribution in [2.45, 2.75) is 70.6 Å². The van der Waals surface area contributed by atoms with E-state index in [9.17, 15) is 23.5 Å². The zero-order valence-corrected chi connectivity index (χ0v) is 16.6. The number of aliphatic hydroxyl groups is 1. The Balaban J connectivity index is 2.04. The van der Waals surface area contributed by atoms with Crippen LogP contribution in [0.5, 0.6) is 0 Å². The van der Waals surface area contributed by atoms with Crippen LogP contribution in [0.2, 0.25) is 0 Å². The van der Waals surface area contributed by atoms with Crippen molar-refractivity contribution in [3.8, 4) is 0 Å². The van der Waals surface area contributed by atoms with E-state index in [2.05, 4.69) is 5.32 Å². The highest BCUT2D eigenvalue weighted by Gasteiger charge is 2.59. The van der Waals surface area contributed by atoms with Crippen LogP contribution in [0.4, 0.5) is 8.78 Å². The molecule has 0 unspecified atom stereocenters. The standard InChI is InChI=1S/C21H28F2N2O3/c1-13(26)24-12-15-11-20(2)18(6-4-5-9-21(20,3)28)25(15)19(27)16-10-14(22)7-8-17(16)23/h7-8,10,15,18,28H,4-6,9,11-12H2,1-3H3,(H,24,26)/t15-,18-,20-,21+/m1/s1. The van der Waals surface area contributed by atoms with Crippen molar-refractivity contribution in [3.05, 3.63) is 35.4 Å². The molecule has 1 aromatic carbocycles. The van der Waals surface area contributed by atoms with Crippen molar-refractivity contribution in [2.75, 3.05) is 6.54 Å². The molecule has 2 amide bonds. The number of fused-ring (bicyclic) bond motifs is 1. The van der Waals surface area contributed by atoms with E-state index in [1.165, 1.54) is 6.92 Å². The first kappa shape index (κ1) is 20.7. The minimum atomic E-state index is -1.00. The van der Waals surface area contributed by atoms with Gasteiger partial charge in [-0.1, -0.05) is 19.8 Å². The Hall–Kier alpha value is -2.02. The van der Waals surface area contributed by atoms with Gasteiger partial charge in [-0.2, -0.15) is 0 Å². The van der Waals surface area contributed by atoms with E-state index in [4.69, 9.17) is 0 Å². The molecule has 7 heteroatoms. The van der Waals surface area contributed by atoms with Crippen LogP contribution < -0.4 is 5.32 Å². The van der Waals surface area contributed by atoms with Crippen LogP contribution >= 0.6 is 0 Å². The van der Waals surface area contributed by atoms with Gasteiger partial charge in [0.1, 0.15) is 11.6 Å². The number of amides is 2. The van der Waals surface area contributed by atoms with Crippen molar-refractivity contribution in [1.29, 1.82) is 0 Å². The second kappa shape index (κ2) is 7.43. The van der Waals surface area contributed by atoms with Crippen LogP contribution in [0.15, 0.2) is 18.2 Å². The van der Waals surface area contributed by atoms with Crippen LogP contribution in [-0.2, 0) is 4.79 Å². The number of halogens is 2. The fourth-order valence-corrected chi connectivity index (χ4v) is 4.95. The van der Waals surface area contributed by atoms with Crippen LogP contribution in [0.1, 0.15) is 63.2 Å². The van der Waals surface area contributed by atoms with Crippen molar-refractivity contribution in [2.24, 2.45) is 5.41 Å². The van der Waals surface area contributed by atoms with Crippen LogP contribution in [0.3, 0.4) is 0 Å². The number of hydrogen-bond donors (Lipinski definition) is 2. The highest BCUT2D eigenvalue weighted by atomic mass is 19.1. The summed E-state index contributed by atoms with van der Waals surface area (Å²) in [5.74, 6) is -2.29. The third-order valence-corrected chi connectivity index (χ3v) is 6.73. The van der Waals surface area contributed by atoms with Gasteiger partial charge in [-0.25, -0.2) is 8.78 Å². The average Bonchev–Trinajstić information content (AvgIpc) is 2.86. The SMILES string of the molecule is CC(=O)NC[C@H]1C[C@]2(C)[C@@H](CCCC[C@]2(C)O)N1C(=O)c1cc(F)ccc1F. The molecule has 1 aliphatic heterocycles. The van der Waals surface area contributed by atoms with Crippen molar-refractivity contribution < 1.29 is 23.5 Å². The number of carbonyl (C=O) groups excluding carboxylic acids is 2. The molecule has 0 aromatic heterocycles. The molecular weight excluding hydrogens is 366 g/mol.